The molecule has 0 radical (unpaired) electrons. The minimum atomic E-state index is 0.0626. The van der Waals surface area contributed by atoms with Crippen LogP contribution in [0.4, 0.5) is 0 Å². The van der Waals surface area contributed by atoms with E-state index < -0.39 is 0 Å². The van der Waals surface area contributed by atoms with Gasteiger partial charge in [0.05, 0.1) is 6.42 Å². The third-order valence-electron chi connectivity index (χ3n) is 3.06. The van der Waals surface area contributed by atoms with E-state index in [1.165, 1.54) is 5.56 Å². The van der Waals surface area contributed by atoms with Crippen LogP contribution in [-0.4, -0.2) is 19.0 Å². The average Bonchev–Trinajstić information content (AvgIpc) is 2.36. The molecule has 0 saturated carbocycles. The second kappa shape index (κ2) is 7.17. The Hall–Kier alpha value is -1.35. The molecule has 0 heterocycles. The summed E-state index contributed by atoms with van der Waals surface area (Å²) in [5.41, 5.74) is 7.86. The van der Waals surface area contributed by atoms with Crippen molar-refractivity contribution >= 4 is 5.91 Å². The van der Waals surface area contributed by atoms with Crippen LogP contribution < -0.4 is 11.1 Å². The molecule has 1 aromatic carbocycles. The van der Waals surface area contributed by atoms with Crippen LogP contribution in [0.5, 0.6) is 0 Å². The van der Waals surface area contributed by atoms with Crippen LogP contribution in [0.2, 0.25) is 0 Å². The van der Waals surface area contributed by atoms with Crippen molar-refractivity contribution < 1.29 is 4.79 Å². The van der Waals surface area contributed by atoms with Crippen LogP contribution in [0.15, 0.2) is 24.3 Å². The molecular weight excluding hydrogens is 224 g/mol. The molecular formula is C15H24N2O. The molecule has 0 fully saturated rings. The van der Waals surface area contributed by atoms with Crippen molar-refractivity contribution in [3.8, 4) is 0 Å². The first-order chi connectivity index (χ1) is 8.52. The Kier molecular flexibility index (Phi) is 5.86. The molecule has 3 N–H and O–H groups in total. The zero-order valence-electron chi connectivity index (χ0n) is 11.6. The highest BCUT2D eigenvalue weighted by molar-refractivity contribution is 5.78. The van der Waals surface area contributed by atoms with Gasteiger partial charge in [0.2, 0.25) is 5.91 Å². The highest BCUT2D eigenvalue weighted by atomic mass is 16.1. The van der Waals surface area contributed by atoms with Gasteiger partial charge in [-0.15, -0.1) is 0 Å². The fraction of sp³-hybridized carbons (Fsp3) is 0.533. The van der Waals surface area contributed by atoms with E-state index in [1.807, 2.05) is 19.1 Å². The maximum absolute atomic E-state index is 11.7. The summed E-state index contributed by atoms with van der Waals surface area (Å²) in [5, 5.41) is 2.90. The lowest BCUT2D eigenvalue weighted by Crippen LogP contribution is -2.32. The van der Waals surface area contributed by atoms with E-state index in [9.17, 15) is 4.79 Å². The second-order valence-corrected chi connectivity index (χ2v) is 5.22. The minimum absolute atomic E-state index is 0.0626. The molecule has 0 aliphatic heterocycles. The van der Waals surface area contributed by atoms with Gasteiger partial charge in [-0.05, 0) is 29.5 Å². The van der Waals surface area contributed by atoms with Crippen molar-refractivity contribution in [2.75, 3.05) is 13.1 Å². The van der Waals surface area contributed by atoms with Crippen molar-refractivity contribution in [1.82, 2.24) is 5.32 Å². The summed E-state index contributed by atoms with van der Waals surface area (Å²) in [5.74, 6) is 0.920. The fourth-order valence-electron chi connectivity index (χ4n) is 1.64. The Balaban J connectivity index is 2.44. The summed E-state index contributed by atoms with van der Waals surface area (Å²) in [6, 6.07) is 8.24. The summed E-state index contributed by atoms with van der Waals surface area (Å²) in [7, 11) is 0. The largest absolute Gasteiger partial charge is 0.356 e. The molecule has 3 heteroatoms. The van der Waals surface area contributed by atoms with Gasteiger partial charge in [0, 0.05) is 6.54 Å². The first kappa shape index (κ1) is 14.7. The van der Waals surface area contributed by atoms with E-state index >= 15 is 0 Å². The Morgan fingerprint density at radius 1 is 1.22 bits per heavy atom. The van der Waals surface area contributed by atoms with Crippen LogP contribution in [0.1, 0.15) is 37.8 Å². The van der Waals surface area contributed by atoms with Gasteiger partial charge in [0.1, 0.15) is 0 Å². The maximum Gasteiger partial charge on any atom is 0.224 e. The van der Waals surface area contributed by atoms with Gasteiger partial charge in [-0.25, -0.2) is 0 Å². The van der Waals surface area contributed by atoms with E-state index in [0.29, 0.717) is 31.3 Å². The number of hydrogen-bond donors (Lipinski definition) is 2. The van der Waals surface area contributed by atoms with Gasteiger partial charge in [0.25, 0.3) is 0 Å². The first-order valence-electron chi connectivity index (χ1n) is 6.58. The molecule has 1 atom stereocenters. The molecule has 1 unspecified atom stereocenters. The number of rotatable bonds is 6. The third kappa shape index (κ3) is 4.88. The molecule has 1 amide bonds. The maximum atomic E-state index is 11.7. The Morgan fingerprint density at radius 2 is 1.83 bits per heavy atom. The predicted molar refractivity (Wildman–Crippen MR) is 75.5 cm³/mol. The van der Waals surface area contributed by atoms with Crippen molar-refractivity contribution in [2.24, 2.45) is 11.7 Å². The molecule has 0 aliphatic rings. The highest BCUT2D eigenvalue weighted by Gasteiger charge is 2.06. The highest BCUT2D eigenvalue weighted by Crippen LogP contribution is 2.14. The van der Waals surface area contributed by atoms with E-state index in [-0.39, 0.29) is 5.91 Å². The number of amides is 1. The fourth-order valence-corrected chi connectivity index (χ4v) is 1.64. The molecule has 0 spiro atoms. The van der Waals surface area contributed by atoms with Gasteiger partial charge in [0.15, 0.2) is 0 Å². The molecule has 18 heavy (non-hydrogen) atoms. The average molecular weight is 248 g/mol. The van der Waals surface area contributed by atoms with E-state index in [4.69, 9.17) is 5.73 Å². The lowest BCUT2D eigenvalue weighted by molar-refractivity contribution is -0.120. The second-order valence-electron chi connectivity index (χ2n) is 5.22. The summed E-state index contributed by atoms with van der Waals surface area (Å²) in [4.78, 5) is 11.7. The summed E-state index contributed by atoms with van der Waals surface area (Å²) in [6.07, 6.45) is 0.440. The zero-order valence-corrected chi connectivity index (χ0v) is 11.6. The normalized spacial score (nSPS) is 12.5. The van der Waals surface area contributed by atoms with Gasteiger partial charge in [-0.1, -0.05) is 45.0 Å². The molecule has 1 aromatic rings. The van der Waals surface area contributed by atoms with Gasteiger partial charge < -0.3 is 11.1 Å². The lowest BCUT2D eigenvalue weighted by Gasteiger charge is -2.10. The topological polar surface area (TPSA) is 55.1 Å². The summed E-state index contributed by atoms with van der Waals surface area (Å²) < 4.78 is 0. The predicted octanol–water partition coefficient (Wildman–Crippen LogP) is 2.06. The monoisotopic (exact) mass is 248 g/mol. The van der Waals surface area contributed by atoms with Gasteiger partial charge in [-0.3, -0.25) is 4.79 Å². The number of nitrogens with one attached hydrogen (secondary N) is 1. The molecule has 1 rings (SSSR count). The molecule has 3 nitrogen and oxygen atoms in total. The molecule has 0 aromatic heterocycles. The molecule has 100 valence electrons. The number of hydrogen-bond acceptors (Lipinski definition) is 2. The van der Waals surface area contributed by atoms with Gasteiger partial charge in [-0.2, -0.15) is 0 Å². The zero-order chi connectivity index (χ0) is 13.5. The number of carbonyl (C=O) groups is 1. The minimum Gasteiger partial charge on any atom is -0.356 e. The van der Waals surface area contributed by atoms with Crippen LogP contribution >= 0.6 is 0 Å². The van der Waals surface area contributed by atoms with Crippen LogP contribution in [0.3, 0.4) is 0 Å². The summed E-state index contributed by atoms with van der Waals surface area (Å²) >= 11 is 0. The number of nitrogens with two attached hydrogens (primary N) is 1. The van der Waals surface area contributed by atoms with Gasteiger partial charge >= 0.3 is 0 Å². The Bertz CT molecular complexity index is 371. The molecule has 0 bridgehead atoms. The first-order valence-corrected chi connectivity index (χ1v) is 6.58. The van der Waals surface area contributed by atoms with Crippen LogP contribution in [-0.2, 0) is 11.2 Å². The number of benzene rings is 1. The molecule has 0 aliphatic carbocycles. The SMILES string of the molecule is CC(CN)CNC(=O)Cc1ccc(C(C)C)cc1. The lowest BCUT2D eigenvalue weighted by atomic mass is 10.0. The third-order valence-corrected chi connectivity index (χ3v) is 3.06. The van der Waals surface area contributed by atoms with Crippen molar-refractivity contribution in [2.45, 2.75) is 33.1 Å². The van der Waals surface area contributed by atoms with E-state index in [2.05, 4.69) is 31.3 Å². The quantitative estimate of drug-likeness (QED) is 0.809. The molecule has 0 saturated heterocycles. The summed E-state index contributed by atoms with van der Waals surface area (Å²) in [6.45, 7) is 7.60. The standard InChI is InChI=1S/C15H24N2O/c1-11(2)14-6-4-13(5-7-14)8-15(18)17-10-12(3)9-16/h4-7,11-12H,8-10,16H2,1-3H3,(H,17,18). The van der Waals surface area contributed by atoms with E-state index in [1.54, 1.807) is 0 Å². The van der Waals surface area contributed by atoms with Crippen molar-refractivity contribution in [1.29, 1.82) is 0 Å². The number of carbonyl (C=O) groups excluding carboxylic acids is 1. The Morgan fingerprint density at radius 3 is 2.33 bits per heavy atom. The van der Waals surface area contributed by atoms with Crippen molar-refractivity contribution in [3.05, 3.63) is 35.4 Å². The van der Waals surface area contributed by atoms with Crippen LogP contribution in [0.25, 0.3) is 0 Å². The Labute approximate surface area is 110 Å². The van der Waals surface area contributed by atoms with Crippen molar-refractivity contribution in [3.63, 3.8) is 0 Å². The smallest absolute Gasteiger partial charge is 0.224 e. The van der Waals surface area contributed by atoms with Crippen LogP contribution in [0, 0.1) is 5.92 Å². The van der Waals surface area contributed by atoms with E-state index in [0.717, 1.165) is 5.56 Å².